The van der Waals surface area contributed by atoms with Crippen LogP contribution < -0.4 is 5.32 Å². The number of carbonyl (C=O) groups is 1. The zero-order valence-corrected chi connectivity index (χ0v) is 17.3. The van der Waals surface area contributed by atoms with Crippen LogP contribution in [0.25, 0.3) is 0 Å². The largest absolute Gasteiger partial charge is 0.444 e. The van der Waals surface area contributed by atoms with Gasteiger partial charge in [0.15, 0.2) is 0 Å². The molecule has 1 fully saturated rings. The van der Waals surface area contributed by atoms with Gasteiger partial charge in [-0.1, -0.05) is 54.6 Å². The number of alkyl carbamates (subject to hydrolysis) is 1. The van der Waals surface area contributed by atoms with Crippen LogP contribution in [0.5, 0.6) is 0 Å². The zero-order chi connectivity index (χ0) is 20.0. The number of benzene rings is 2. The van der Waals surface area contributed by atoms with Gasteiger partial charge in [0.1, 0.15) is 5.60 Å². The number of nitrogens with zero attached hydrogens (tertiary/aromatic N) is 1. The van der Waals surface area contributed by atoms with E-state index in [1.165, 1.54) is 24.0 Å². The third kappa shape index (κ3) is 6.38. The highest BCUT2D eigenvalue weighted by Crippen LogP contribution is 2.28. The van der Waals surface area contributed by atoms with Crippen LogP contribution in [0.3, 0.4) is 0 Å². The van der Waals surface area contributed by atoms with Crippen molar-refractivity contribution in [2.24, 2.45) is 0 Å². The minimum Gasteiger partial charge on any atom is -0.444 e. The lowest BCUT2D eigenvalue weighted by molar-refractivity contribution is 0.0523. The number of rotatable bonds is 5. The van der Waals surface area contributed by atoms with Crippen LogP contribution in [0, 0.1) is 0 Å². The highest BCUT2D eigenvalue weighted by Gasteiger charge is 2.20. The van der Waals surface area contributed by atoms with Gasteiger partial charge in [0.2, 0.25) is 0 Å². The number of piperidine rings is 1. The molecule has 4 heteroatoms. The molecule has 1 amide bonds. The lowest BCUT2D eigenvalue weighted by Crippen LogP contribution is -2.32. The molecule has 0 aliphatic carbocycles. The average molecular weight is 381 g/mol. The monoisotopic (exact) mass is 380 g/mol. The summed E-state index contributed by atoms with van der Waals surface area (Å²) in [5.41, 5.74) is 3.41. The molecular formula is C24H32N2O2. The molecule has 1 N–H and O–H groups in total. The van der Waals surface area contributed by atoms with Crippen molar-refractivity contribution in [2.75, 3.05) is 13.1 Å². The van der Waals surface area contributed by atoms with Crippen LogP contribution in [0.2, 0.25) is 0 Å². The molecule has 0 spiro atoms. The Morgan fingerprint density at radius 1 is 1.00 bits per heavy atom. The first kappa shape index (κ1) is 20.4. The average Bonchev–Trinajstić information content (AvgIpc) is 2.67. The first-order valence-electron chi connectivity index (χ1n) is 10.2. The van der Waals surface area contributed by atoms with Crippen molar-refractivity contribution in [3.63, 3.8) is 0 Å². The van der Waals surface area contributed by atoms with E-state index in [0.717, 1.165) is 25.2 Å². The van der Waals surface area contributed by atoms with E-state index < -0.39 is 5.60 Å². The maximum atomic E-state index is 11.8. The number of hydrogen-bond acceptors (Lipinski definition) is 3. The molecule has 1 aliphatic rings. The minimum absolute atomic E-state index is 0.377. The summed E-state index contributed by atoms with van der Waals surface area (Å²) in [7, 11) is 0. The van der Waals surface area contributed by atoms with Crippen molar-refractivity contribution in [1.29, 1.82) is 0 Å². The molecule has 0 aromatic heterocycles. The van der Waals surface area contributed by atoms with E-state index in [1.807, 2.05) is 20.8 Å². The van der Waals surface area contributed by atoms with Crippen molar-refractivity contribution in [3.8, 4) is 0 Å². The Kier molecular flexibility index (Phi) is 6.74. The van der Waals surface area contributed by atoms with Crippen LogP contribution >= 0.6 is 0 Å². The predicted molar refractivity (Wildman–Crippen MR) is 113 cm³/mol. The minimum atomic E-state index is -0.470. The molecule has 28 heavy (non-hydrogen) atoms. The molecule has 4 nitrogen and oxygen atoms in total. The number of nitrogens with one attached hydrogen (secondary N) is 1. The van der Waals surface area contributed by atoms with Gasteiger partial charge in [0.05, 0.1) is 0 Å². The highest BCUT2D eigenvalue weighted by atomic mass is 16.6. The SMILES string of the molecule is CC(C)(C)OC(=O)NCc1ccc(CN2CCC(c3ccccc3)CC2)cc1. The molecule has 1 saturated heterocycles. The van der Waals surface area contributed by atoms with Gasteiger partial charge in [-0.05, 0) is 69.3 Å². The fourth-order valence-corrected chi connectivity index (χ4v) is 3.66. The molecule has 1 heterocycles. The smallest absolute Gasteiger partial charge is 0.407 e. The summed E-state index contributed by atoms with van der Waals surface area (Å²) in [4.78, 5) is 14.3. The van der Waals surface area contributed by atoms with E-state index in [2.05, 4.69) is 64.8 Å². The molecule has 0 radical (unpaired) electrons. The lowest BCUT2D eigenvalue weighted by Gasteiger charge is -2.32. The van der Waals surface area contributed by atoms with Crippen molar-refractivity contribution in [2.45, 2.75) is 58.2 Å². The van der Waals surface area contributed by atoms with E-state index in [1.54, 1.807) is 0 Å². The molecule has 150 valence electrons. The molecular weight excluding hydrogens is 348 g/mol. The molecule has 0 bridgehead atoms. The van der Waals surface area contributed by atoms with Crippen molar-refractivity contribution in [1.82, 2.24) is 10.2 Å². The summed E-state index contributed by atoms with van der Waals surface area (Å²) in [6, 6.07) is 19.4. The van der Waals surface area contributed by atoms with Gasteiger partial charge < -0.3 is 10.1 Å². The zero-order valence-electron chi connectivity index (χ0n) is 17.3. The maximum absolute atomic E-state index is 11.8. The van der Waals surface area contributed by atoms with Gasteiger partial charge in [0, 0.05) is 13.1 Å². The second-order valence-electron chi connectivity index (χ2n) is 8.63. The Morgan fingerprint density at radius 3 is 2.21 bits per heavy atom. The summed E-state index contributed by atoms with van der Waals surface area (Å²) in [6.45, 7) is 9.35. The highest BCUT2D eigenvalue weighted by molar-refractivity contribution is 5.67. The van der Waals surface area contributed by atoms with E-state index >= 15 is 0 Å². The molecule has 0 saturated carbocycles. The van der Waals surface area contributed by atoms with Crippen molar-refractivity contribution in [3.05, 3.63) is 71.3 Å². The maximum Gasteiger partial charge on any atom is 0.407 e. The fourth-order valence-electron chi connectivity index (χ4n) is 3.66. The Hall–Kier alpha value is -2.33. The first-order valence-corrected chi connectivity index (χ1v) is 10.2. The molecule has 2 aromatic carbocycles. The number of likely N-dealkylation sites (tertiary alicyclic amines) is 1. The summed E-state index contributed by atoms with van der Waals surface area (Å²) < 4.78 is 5.27. The second kappa shape index (κ2) is 9.24. The fraction of sp³-hybridized carbons (Fsp3) is 0.458. The quantitative estimate of drug-likeness (QED) is 0.785. The Balaban J connectivity index is 1.43. The molecule has 0 unspecified atom stereocenters. The van der Waals surface area contributed by atoms with Gasteiger partial charge in [-0.25, -0.2) is 4.79 Å². The summed E-state index contributed by atoms with van der Waals surface area (Å²) in [6.07, 6.45) is 2.07. The van der Waals surface area contributed by atoms with Crippen LogP contribution in [-0.4, -0.2) is 29.7 Å². The third-order valence-corrected chi connectivity index (χ3v) is 5.12. The molecule has 2 aromatic rings. The number of amides is 1. The van der Waals surface area contributed by atoms with E-state index in [4.69, 9.17) is 4.74 Å². The van der Waals surface area contributed by atoms with E-state index in [-0.39, 0.29) is 6.09 Å². The van der Waals surface area contributed by atoms with E-state index in [9.17, 15) is 4.79 Å². The second-order valence-corrected chi connectivity index (χ2v) is 8.63. The molecule has 3 rings (SSSR count). The third-order valence-electron chi connectivity index (χ3n) is 5.12. The molecule has 0 atom stereocenters. The lowest BCUT2D eigenvalue weighted by atomic mass is 9.89. The van der Waals surface area contributed by atoms with Gasteiger partial charge in [-0.2, -0.15) is 0 Å². The molecule has 1 aliphatic heterocycles. The summed E-state index contributed by atoms with van der Waals surface area (Å²) in [5.74, 6) is 0.693. The van der Waals surface area contributed by atoms with Crippen molar-refractivity contribution < 1.29 is 9.53 Å². The van der Waals surface area contributed by atoms with Crippen LogP contribution in [0.4, 0.5) is 4.79 Å². The van der Waals surface area contributed by atoms with Crippen LogP contribution in [0.1, 0.15) is 56.2 Å². The number of ether oxygens (including phenoxy) is 1. The van der Waals surface area contributed by atoms with Crippen LogP contribution in [0.15, 0.2) is 54.6 Å². The Labute approximate surface area is 168 Å². The van der Waals surface area contributed by atoms with Gasteiger partial charge in [-0.15, -0.1) is 0 Å². The number of hydrogen-bond donors (Lipinski definition) is 1. The topological polar surface area (TPSA) is 41.6 Å². The van der Waals surface area contributed by atoms with Gasteiger partial charge in [0.25, 0.3) is 0 Å². The normalized spacial score (nSPS) is 16.0. The number of carbonyl (C=O) groups excluding carboxylic acids is 1. The van der Waals surface area contributed by atoms with Crippen LogP contribution in [-0.2, 0) is 17.8 Å². The Bertz CT molecular complexity index is 742. The van der Waals surface area contributed by atoms with Gasteiger partial charge in [-0.3, -0.25) is 4.90 Å². The van der Waals surface area contributed by atoms with Crippen molar-refractivity contribution >= 4 is 6.09 Å². The standard InChI is InChI=1S/C24H32N2O2/c1-24(2,3)28-23(27)25-17-19-9-11-20(12-10-19)18-26-15-13-22(14-16-26)21-7-5-4-6-8-21/h4-12,22H,13-18H2,1-3H3,(H,25,27). The summed E-state index contributed by atoms with van der Waals surface area (Å²) >= 11 is 0. The van der Waals surface area contributed by atoms with E-state index in [0.29, 0.717) is 12.5 Å². The van der Waals surface area contributed by atoms with Gasteiger partial charge >= 0.3 is 6.09 Å². The summed E-state index contributed by atoms with van der Waals surface area (Å²) in [5, 5.41) is 2.81. The Morgan fingerprint density at radius 2 is 1.61 bits per heavy atom. The first-order chi connectivity index (χ1) is 13.4. The predicted octanol–water partition coefficient (Wildman–Crippen LogP) is 5.09.